The topological polar surface area (TPSA) is 73.8 Å². The van der Waals surface area contributed by atoms with E-state index < -0.39 is 8.32 Å². The molecule has 0 spiro atoms. The standard InChI is InChI=1S/C34H56O8Si/c1-5-6-17-35-18-19-36-20-21-37-22-23-38-24-25-39-26-27-40-28-29-41-30-31-42-43(34(2,3)4,32-13-9-7-10-14-32)33-15-11-8-12-16-33/h7-16H,5-6,17-31H2,1-4H3. The maximum absolute atomic E-state index is 6.84. The number of unbranched alkanes of at least 4 members (excludes halogenated alkanes) is 1. The Morgan fingerprint density at radius 1 is 0.442 bits per heavy atom. The first-order chi connectivity index (χ1) is 21.0. The highest BCUT2D eigenvalue weighted by molar-refractivity contribution is 6.99. The van der Waals surface area contributed by atoms with Crippen LogP contribution in [0.5, 0.6) is 0 Å². The van der Waals surface area contributed by atoms with Crippen LogP contribution in [0.4, 0.5) is 0 Å². The van der Waals surface area contributed by atoms with Gasteiger partial charge in [-0.3, -0.25) is 0 Å². The van der Waals surface area contributed by atoms with Gasteiger partial charge in [0.25, 0.3) is 8.32 Å². The molecule has 244 valence electrons. The summed E-state index contributed by atoms with van der Waals surface area (Å²) < 4.78 is 45.8. The average molecular weight is 621 g/mol. The van der Waals surface area contributed by atoms with Crippen molar-refractivity contribution in [2.45, 2.75) is 45.6 Å². The van der Waals surface area contributed by atoms with Gasteiger partial charge in [0.15, 0.2) is 0 Å². The zero-order chi connectivity index (χ0) is 30.9. The molecule has 0 radical (unpaired) electrons. The lowest BCUT2D eigenvalue weighted by Crippen LogP contribution is -2.66. The van der Waals surface area contributed by atoms with Crippen LogP contribution in [0.3, 0.4) is 0 Å². The van der Waals surface area contributed by atoms with E-state index in [-0.39, 0.29) is 5.04 Å². The second-order valence-electron chi connectivity index (χ2n) is 11.2. The van der Waals surface area contributed by atoms with Crippen molar-refractivity contribution in [2.75, 3.05) is 99.1 Å². The molecule has 0 heterocycles. The van der Waals surface area contributed by atoms with Crippen molar-refractivity contribution in [3.63, 3.8) is 0 Å². The second kappa shape index (κ2) is 23.7. The normalized spacial score (nSPS) is 12.2. The molecule has 2 aromatic carbocycles. The van der Waals surface area contributed by atoms with Gasteiger partial charge in [-0.15, -0.1) is 0 Å². The molecule has 0 N–H and O–H groups in total. The van der Waals surface area contributed by atoms with Gasteiger partial charge in [0.1, 0.15) is 0 Å². The molecule has 9 heteroatoms. The Hall–Kier alpha value is -1.66. The third-order valence-corrected chi connectivity index (χ3v) is 11.9. The van der Waals surface area contributed by atoms with Crippen LogP contribution in [0.25, 0.3) is 0 Å². The van der Waals surface area contributed by atoms with E-state index in [9.17, 15) is 0 Å². The van der Waals surface area contributed by atoms with Crippen LogP contribution < -0.4 is 10.4 Å². The smallest absolute Gasteiger partial charge is 0.261 e. The lowest BCUT2D eigenvalue weighted by atomic mass is 10.2. The molecule has 0 aliphatic heterocycles. The highest BCUT2D eigenvalue weighted by Crippen LogP contribution is 2.36. The minimum atomic E-state index is -2.52. The first kappa shape index (κ1) is 37.5. The van der Waals surface area contributed by atoms with E-state index in [0.29, 0.717) is 92.5 Å². The molecule has 2 aromatic rings. The Morgan fingerprint density at radius 3 is 1.05 bits per heavy atom. The van der Waals surface area contributed by atoms with Gasteiger partial charge in [0, 0.05) is 6.61 Å². The summed E-state index contributed by atoms with van der Waals surface area (Å²) in [5, 5.41) is 2.50. The Morgan fingerprint density at radius 2 is 0.744 bits per heavy atom. The van der Waals surface area contributed by atoms with Gasteiger partial charge < -0.3 is 37.6 Å². The van der Waals surface area contributed by atoms with Crippen molar-refractivity contribution in [2.24, 2.45) is 0 Å². The van der Waals surface area contributed by atoms with Gasteiger partial charge in [-0.1, -0.05) is 94.8 Å². The van der Waals surface area contributed by atoms with Gasteiger partial charge in [-0.05, 0) is 21.8 Å². The first-order valence-electron chi connectivity index (χ1n) is 15.8. The monoisotopic (exact) mass is 620 g/mol. The van der Waals surface area contributed by atoms with Gasteiger partial charge in [0.2, 0.25) is 0 Å². The van der Waals surface area contributed by atoms with Gasteiger partial charge in [-0.25, -0.2) is 0 Å². The summed E-state index contributed by atoms with van der Waals surface area (Å²) in [4.78, 5) is 0. The van der Waals surface area contributed by atoms with Crippen LogP contribution in [-0.2, 0) is 37.6 Å². The molecule has 0 saturated carbocycles. The van der Waals surface area contributed by atoms with Crippen LogP contribution in [0, 0.1) is 0 Å². The van der Waals surface area contributed by atoms with Crippen molar-refractivity contribution in [3.05, 3.63) is 60.7 Å². The Kier molecular flexibility index (Phi) is 20.7. The highest BCUT2D eigenvalue weighted by atomic mass is 28.4. The zero-order valence-corrected chi connectivity index (χ0v) is 28.1. The molecule has 0 aliphatic carbocycles. The number of benzene rings is 2. The predicted octanol–water partition coefficient (Wildman–Crippen LogP) is 4.48. The van der Waals surface area contributed by atoms with Crippen molar-refractivity contribution < 1.29 is 37.6 Å². The predicted molar refractivity (Wildman–Crippen MR) is 174 cm³/mol. The van der Waals surface area contributed by atoms with Crippen LogP contribution >= 0.6 is 0 Å². The molecule has 0 unspecified atom stereocenters. The fourth-order valence-electron chi connectivity index (χ4n) is 4.68. The molecule has 0 saturated heterocycles. The Balaban J connectivity index is 1.45. The van der Waals surface area contributed by atoms with E-state index in [1.807, 2.05) is 0 Å². The fraction of sp³-hybridized carbons (Fsp3) is 0.647. The largest absolute Gasteiger partial charge is 0.405 e. The van der Waals surface area contributed by atoms with Crippen molar-refractivity contribution in [1.29, 1.82) is 0 Å². The SMILES string of the molecule is CCCCOCCOCCOCCOCCOCCOCCOCCO[Si](c1ccccc1)(c1ccccc1)C(C)(C)C. The summed E-state index contributed by atoms with van der Waals surface area (Å²) in [6, 6.07) is 21.3. The van der Waals surface area contributed by atoms with Gasteiger partial charge in [-0.2, -0.15) is 0 Å². The fourth-order valence-corrected chi connectivity index (χ4v) is 9.23. The van der Waals surface area contributed by atoms with E-state index in [4.69, 9.17) is 37.6 Å². The summed E-state index contributed by atoms with van der Waals surface area (Å²) in [5.41, 5.74) is 0. The van der Waals surface area contributed by atoms with Crippen molar-refractivity contribution in [3.8, 4) is 0 Å². The minimum Gasteiger partial charge on any atom is -0.405 e. The summed E-state index contributed by atoms with van der Waals surface area (Å²) in [5.74, 6) is 0. The van der Waals surface area contributed by atoms with E-state index in [2.05, 4.69) is 88.4 Å². The minimum absolute atomic E-state index is 0.0454. The van der Waals surface area contributed by atoms with Crippen LogP contribution in [-0.4, -0.2) is 107 Å². The summed E-state index contributed by atoms with van der Waals surface area (Å²) in [7, 11) is -2.52. The molecule has 0 aliphatic rings. The molecular weight excluding hydrogens is 564 g/mol. The maximum atomic E-state index is 6.84. The molecule has 0 aromatic heterocycles. The molecule has 0 atom stereocenters. The van der Waals surface area contributed by atoms with Gasteiger partial charge >= 0.3 is 0 Å². The Bertz CT molecular complexity index is 855. The summed E-state index contributed by atoms with van der Waals surface area (Å²) >= 11 is 0. The number of rotatable bonds is 27. The Labute approximate surface area is 261 Å². The van der Waals surface area contributed by atoms with E-state index in [1.54, 1.807) is 0 Å². The molecular formula is C34H56O8Si. The highest BCUT2D eigenvalue weighted by Gasteiger charge is 2.49. The van der Waals surface area contributed by atoms with Crippen LogP contribution in [0.1, 0.15) is 40.5 Å². The lowest BCUT2D eigenvalue weighted by molar-refractivity contribution is -0.0213. The summed E-state index contributed by atoms with van der Waals surface area (Å²) in [6.45, 7) is 17.5. The quantitative estimate of drug-likeness (QED) is 0.107. The van der Waals surface area contributed by atoms with E-state index in [0.717, 1.165) is 19.4 Å². The summed E-state index contributed by atoms with van der Waals surface area (Å²) in [6.07, 6.45) is 2.25. The van der Waals surface area contributed by atoms with Crippen LogP contribution in [0.15, 0.2) is 60.7 Å². The second-order valence-corrected chi connectivity index (χ2v) is 15.5. The van der Waals surface area contributed by atoms with E-state index >= 15 is 0 Å². The van der Waals surface area contributed by atoms with Gasteiger partial charge in [0.05, 0.1) is 92.5 Å². The van der Waals surface area contributed by atoms with Crippen LogP contribution in [0.2, 0.25) is 5.04 Å². The third kappa shape index (κ3) is 15.3. The lowest BCUT2D eigenvalue weighted by Gasteiger charge is -2.43. The average Bonchev–Trinajstić information content (AvgIpc) is 3.01. The van der Waals surface area contributed by atoms with E-state index in [1.165, 1.54) is 10.4 Å². The molecule has 2 rings (SSSR count). The zero-order valence-electron chi connectivity index (χ0n) is 27.1. The molecule has 43 heavy (non-hydrogen) atoms. The molecule has 8 nitrogen and oxygen atoms in total. The first-order valence-corrected chi connectivity index (χ1v) is 17.7. The van der Waals surface area contributed by atoms with Crippen molar-refractivity contribution in [1.82, 2.24) is 0 Å². The molecule has 0 amide bonds. The number of ether oxygens (including phenoxy) is 7. The third-order valence-electron chi connectivity index (χ3n) is 6.84. The number of hydrogen-bond donors (Lipinski definition) is 0. The molecule has 0 fully saturated rings. The van der Waals surface area contributed by atoms with Crippen molar-refractivity contribution >= 4 is 18.7 Å². The molecule has 0 bridgehead atoms. The number of hydrogen-bond acceptors (Lipinski definition) is 8. The maximum Gasteiger partial charge on any atom is 0.261 e.